The molecule has 4 heteroatoms. The standard InChI is InChI=1S/C13H26N2O2/c1-10-8-13(5,6-7-14-10)9-15-11(16)17-12(2,3)4/h10,14H,6-9H2,1-5H3,(H,15,16). The molecule has 0 saturated carbocycles. The molecule has 1 aliphatic rings. The second-order valence-corrected chi connectivity index (χ2v) is 6.48. The maximum absolute atomic E-state index is 11.6. The first kappa shape index (κ1) is 14.3. The number of hydrogen-bond donors (Lipinski definition) is 2. The Hall–Kier alpha value is -0.770. The third kappa shape index (κ3) is 5.39. The monoisotopic (exact) mass is 242 g/mol. The number of ether oxygens (including phenoxy) is 1. The molecule has 1 aliphatic heterocycles. The van der Waals surface area contributed by atoms with E-state index in [9.17, 15) is 4.79 Å². The van der Waals surface area contributed by atoms with Gasteiger partial charge in [-0.1, -0.05) is 6.92 Å². The van der Waals surface area contributed by atoms with Crippen molar-refractivity contribution in [1.29, 1.82) is 0 Å². The van der Waals surface area contributed by atoms with Gasteiger partial charge >= 0.3 is 6.09 Å². The normalized spacial score (nSPS) is 29.8. The molecular formula is C13H26N2O2. The fourth-order valence-corrected chi connectivity index (χ4v) is 2.29. The van der Waals surface area contributed by atoms with Crippen LogP contribution in [-0.2, 0) is 4.74 Å². The lowest BCUT2D eigenvalue weighted by molar-refractivity contribution is 0.0487. The van der Waals surface area contributed by atoms with Crippen molar-refractivity contribution in [3.8, 4) is 0 Å². The Labute approximate surface area is 104 Å². The second kappa shape index (κ2) is 5.25. The molecule has 0 spiro atoms. The Balaban J connectivity index is 2.36. The highest BCUT2D eigenvalue weighted by Crippen LogP contribution is 2.29. The van der Waals surface area contributed by atoms with Crippen molar-refractivity contribution in [1.82, 2.24) is 10.6 Å². The van der Waals surface area contributed by atoms with Crippen molar-refractivity contribution in [3.05, 3.63) is 0 Å². The van der Waals surface area contributed by atoms with Crippen LogP contribution in [0.2, 0.25) is 0 Å². The average Bonchev–Trinajstić information content (AvgIpc) is 2.12. The Bertz CT molecular complexity index is 273. The summed E-state index contributed by atoms with van der Waals surface area (Å²) < 4.78 is 5.23. The van der Waals surface area contributed by atoms with E-state index in [1.54, 1.807) is 0 Å². The maximum atomic E-state index is 11.6. The molecule has 17 heavy (non-hydrogen) atoms. The molecule has 0 aromatic rings. The molecule has 0 aromatic carbocycles. The Kier molecular flexibility index (Phi) is 4.42. The van der Waals surface area contributed by atoms with Crippen LogP contribution in [0.15, 0.2) is 0 Å². The van der Waals surface area contributed by atoms with Crippen molar-refractivity contribution < 1.29 is 9.53 Å². The largest absolute Gasteiger partial charge is 0.444 e. The van der Waals surface area contributed by atoms with E-state index in [0.29, 0.717) is 12.6 Å². The molecule has 0 aliphatic carbocycles. The summed E-state index contributed by atoms with van der Waals surface area (Å²) in [7, 11) is 0. The molecular weight excluding hydrogens is 216 g/mol. The average molecular weight is 242 g/mol. The molecule has 100 valence electrons. The zero-order valence-electron chi connectivity index (χ0n) is 11.7. The molecule has 1 amide bonds. The van der Waals surface area contributed by atoms with Crippen molar-refractivity contribution in [2.24, 2.45) is 5.41 Å². The van der Waals surface area contributed by atoms with E-state index in [1.165, 1.54) is 0 Å². The van der Waals surface area contributed by atoms with E-state index >= 15 is 0 Å². The van der Waals surface area contributed by atoms with Crippen molar-refractivity contribution >= 4 is 6.09 Å². The number of hydrogen-bond acceptors (Lipinski definition) is 3. The van der Waals surface area contributed by atoms with Crippen LogP contribution in [0.25, 0.3) is 0 Å². The molecule has 2 unspecified atom stereocenters. The van der Waals surface area contributed by atoms with Crippen LogP contribution in [0.3, 0.4) is 0 Å². The number of piperidine rings is 1. The predicted octanol–water partition coefficient (Wildman–Crippen LogP) is 2.29. The molecule has 1 fully saturated rings. The van der Waals surface area contributed by atoms with Gasteiger partial charge in [-0.05, 0) is 52.5 Å². The van der Waals surface area contributed by atoms with Gasteiger partial charge in [-0.3, -0.25) is 0 Å². The highest BCUT2D eigenvalue weighted by Gasteiger charge is 2.31. The summed E-state index contributed by atoms with van der Waals surface area (Å²) in [6, 6.07) is 0.522. The van der Waals surface area contributed by atoms with Crippen LogP contribution in [-0.4, -0.2) is 30.8 Å². The van der Waals surface area contributed by atoms with Gasteiger partial charge in [-0.15, -0.1) is 0 Å². The van der Waals surface area contributed by atoms with Gasteiger partial charge in [0.1, 0.15) is 5.60 Å². The van der Waals surface area contributed by atoms with E-state index in [2.05, 4.69) is 24.5 Å². The minimum atomic E-state index is -0.424. The first-order valence-corrected chi connectivity index (χ1v) is 6.40. The second-order valence-electron chi connectivity index (χ2n) is 6.48. The van der Waals surface area contributed by atoms with Crippen molar-refractivity contribution in [2.75, 3.05) is 13.1 Å². The quantitative estimate of drug-likeness (QED) is 0.781. The predicted molar refractivity (Wildman–Crippen MR) is 69.0 cm³/mol. The smallest absolute Gasteiger partial charge is 0.407 e. The van der Waals surface area contributed by atoms with Gasteiger partial charge in [0.15, 0.2) is 0 Å². The van der Waals surface area contributed by atoms with Gasteiger partial charge in [-0.2, -0.15) is 0 Å². The van der Waals surface area contributed by atoms with Crippen LogP contribution in [0.4, 0.5) is 4.79 Å². The summed E-state index contributed by atoms with van der Waals surface area (Å²) in [5, 5.41) is 6.30. The zero-order chi connectivity index (χ0) is 13.1. The lowest BCUT2D eigenvalue weighted by Crippen LogP contribution is -2.47. The molecule has 0 bridgehead atoms. The van der Waals surface area contributed by atoms with Crippen LogP contribution >= 0.6 is 0 Å². The first-order chi connectivity index (χ1) is 7.70. The van der Waals surface area contributed by atoms with Gasteiger partial charge in [0.2, 0.25) is 0 Å². The SMILES string of the molecule is CC1CC(C)(CNC(=O)OC(C)(C)C)CCN1. The van der Waals surface area contributed by atoms with Gasteiger partial charge in [0, 0.05) is 12.6 Å². The lowest BCUT2D eigenvalue weighted by atomic mass is 9.78. The third-order valence-corrected chi connectivity index (χ3v) is 3.08. The summed E-state index contributed by atoms with van der Waals surface area (Å²) in [6.45, 7) is 11.7. The van der Waals surface area contributed by atoms with E-state index < -0.39 is 5.60 Å². The van der Waals surface area contributed by atoms with Crippen LogP contribution in [0, 0.1) is 5.41 Å². The van der Waals surface area contributed by atoms with E-state index in [4.69, 9.17) is 4.74 Å². The lowest BCUT2D eigenvalue weighted by Gasteiger charge is -2.37. The zero-order valence-corrected chi connectivity index (χ0v) is 11.7. The fourth-order valence-electron chi connectivity index (χ4n) is 2.29. The van der Waals surface area contributed by atoms with Gasteiger partial charge in [0.25, 0.3) is 0 Å². The summed E-state index contributed by atoms with van der Waals surface area (Å²) in [4.78, 5) is 11.6. The number of carbonyl (C=O) groups is 1. The minimum absolute atomic E-state index is 0.182. The van der Waals surface area contributed by atoms with E-state index in [-0.39, 0.29) is 11.5 Å². The highest BCUT2D eigenvalue weighted by atomic mass is 16.6. The van der Waals surface area contributed by atoms with Crippen molar-refractivity contribution in [2.45, 2.75) is 59.1 Å². The number of nitrogens with one attached hydrogen (secondary N) is 2. The number of amides is 1. The molecule has 0 aromatic heterocycles. The topological polar surface area (TPSA) is 50.4 Å². The molecule has 2 atom stereocenters. The summed E-state index contributed by atoms with van der Waals surface area (Å²) in [5.41, 5.74) is -0.242. The third-order valence-electron chi connectivity index (χ3n) is 3.08. The molecule has 0 radical (unpaired) electrons. The molecule has 2 N–H and O–H groups in total. The van der Waals surface area contributed by atoms with Crippen LogP contribution in [0.1, 0.15) is 47.5 Å². The highest BCUT2D eigenvalue weighted by molar-refractivity contribution is 5.67. The van der Waals surface area contributed by atoms with Gasteiger partial charge in [-0.25, -0.2) is 4.79 Å². The summed E-state index contributed by atoms with van der Waals surface area (Å²) in [6.07, 6.45) is 1.86. The van der Waals surface area contributed by atoms with E-state index in [0.717, 1.165) is 19.4 Å². The van der Waals surface area contributed by atoms with Crippen LogP contribution in [0.5, 0.6) is 0 Å². The van der Waals surface area contributed by atoms with Crippen LogP contribution < -0.4 is 10.6 Å². The van der Waals surface area contributed by atoms with Crippen molar-refractivity contribution in [3.63, 3.8) is 0 Å². The summed E-state index contributed by atoms with van der Waals surface area (Å²) in [5.74, 6) is 0. The van der Waals surface area contributed by atoms with Gasteiger partial charge in [0.05, 0.1) is 0 Å². The molecule has 1 rings (SSSR count). The fraction of sp³-hybridized carbons (Fsp3) is 0.923. The maximum Gasteiger partial charge on any atom is 0.407 e. The minimum Gasteiger partial charge on any atom is -0.444 e. The van der Waals surface area contributed by atoms with Gasteiger partial charge < -0.3 is 15.4 Å². The first-order valence-electron chi connectivity index (χ1n) is 6.40. The molecule has 1 saturated heterocycles. The Morgan fingerprint density at radius 2 is 2.18 bits per heavy atom. The number of carbonyl (C=O) groups excluding carboxylic acids is 1. The molecule has 4 nitrogen and oxygen atoms in total. The molecule has 1 heterocycles. The Morgan fingerprint density at radius 3 is 2.71 bits per heavy atom. The summed E-state index contributed by atoms with van der Waals surface area (Å²) >= 11 is 0. The number of rotatable bonds is 2. The Morgan fingerprint density at radius 1 is 1.53 bits per heavy atom. The van der Waals surface area contributed by atoms with E-state index in [1.807, 2.05) is 20.8 Å². The number of alkyl carbamates (subject to hydrolysis) is 1.